The number of hydrogen-bond acceptors (Lipinski definition) is 4. The van der Waals surface area contributed by atoms with Gasteiger partial charge in [-0.25, -0.2) is 4.98 Å². The minimum Gasteiger partial charge on any atom is -0.382 e. The SMILES string of the molecule is Cn1nccc1CNc1nc(N)c(Cl)cc1Cl. The van der Waals surface area contributed by atoms with Gasteiger partial charge in [-0.15, -0.1) is 0 Å². The minimum absolute atomic E-state index is 0.253. The molecule has 0 spiro atoms. The molecule has 0 fully saturated rings. The van der Waals surface area contributed by atoms with Gasteiger partial charge in [0.1, 0.15) is 11.6 Å². The Kier molecular flexibility index (Phi) is 3.40. The molecule has 0 aliphatic heterocycles. The van der Waals surface area contributed by atoms with Gasteiger partial charge in [-0.3, -0.25) is 4.68 Å². The third-order valence-corrected chi connectivity index (χ3v) is 2.91. The lowest BCUT2D eigenvalue weighted by Crippen LogP contribution is -2.07. The minimum atomic E-state index is 0.253. The first-order chi connectivity index (χ1) is 8.08. The van der Waals surface area contributed by atoms with Crippen LogP contribution in [0.4, 0.5) is 11.6 Å². The Balaban J connectivity index is 2.14. The summed E-state index contributed by atoms with van der Waals surface area (Å²) in [4.78, 5) is 4.07. The first kappa shape index (κ1) is 12.0. The molecule has 2 heterocycles. The fourth-order valence-corrected chi connectivity index (χ4v) is 1.78. The normalized spacial score (nSPS) is 10.5. The van der Waals surface area contributed by atoms with Crippen molar-refractivity contribution in [3.8, 4) is 0 Å². The third kappa shape index (κ3) is 2.62. The number of nitrogen functional groups attached to an aromatic ring is 1. The molecule has 90 valence electrons. The zero-order valence-corrected chi connectivity index (χ0v) is 10.6. The standard InChI is InChI=1S/C10H11Cl2N5/c1-17-6(2-3-15-17)5-14-10-8(12)4-7(11)9(13)16-10/h2-4H,5H2,1H3,(H3,13,14,16). The van der Waals surface area contributed by atoms with Crippen LogP contribution in [0.3, 0.4) is 0 Å². The molecule has 0 amide bonds. The van der Waals surface area contributed by atoms with Crippen molar-refractivity contribution in [2.45, 2.75) is 6.54 Å². The second-order valence-corrected chi connectivity index (χ2v) is 4.30. The number of nitrogens with one attached hydrogen (secondary N) is 1. The Hall–Kier alpha value is -1.46. The summed E-state index contributed by atoms with van der Waals surface area (Å²) < 4.78 is 1.76. The van der Waals surface area contributed by atoms with Gasteiger partial charge in [0.2, 0.25) is 0 Å². The smallest absolute Gasteiger partial charge is 0.147 e. The fraction of sp³-hybridized carbons (Fsp3) is 0.200. The molecule has 3 N–H and O–H groups in total. The van der Waals surface area contributed by atoms with Crippen LogP contribution in [0, 0.1) is 0 Å². The average molecular weight is 272 g/mol. The monoisotopic (exact) mass is 271 g/mol. The van der Waals surface area contributed by atoms with Crippen LogP contribution in [0.25, 0.3) is 0 Å². The van der Waals surface area contributed by atoms with Gasteiger partial charge in [0, 0.05) is 13.2 Å². The summed E-state index contributed by atoms with van der Waals surface area (Å²) in [5.41, 5.74) is 6.62. The van der Waals surface area contributed by atoms with Crippen LogP contribution >= 0.6 is 23.2 Å². The first-order valence-electron chi connectivity index (χ1n) is 4.90. The van der Waals surface area contributed by atoms with Crippen molar-refractivity contribution in [2.75, 3.05) is 11.1 Å². The van der Waals surface area contributed by atoms with Gasteiger partial charge < -0.3 is 11.1 Å². The maximum Gasteiger partial charge on any atom is 0.147 e. The van der Waals surface area contributed by atoms with Crippen LogP contribution in [-0.4, -0.2) is 14.8 Å². The molecule has 0 aliphatic rings. The van der Waals surface area contributed by atoms with Crippen LogP contribution in [0.15, 0.2) is 18.3 Å². The van der Waals surface area contributed by atoms with E-state index in [9.17, 15) is 0 Å². The van der Waals surface area contributed by atoms with Crippen LogP contribution in [0.1, 0.15) is 5.69 Å². The Morgan fingerprint density at radius 3 is 2.82 bits per heavy atom. The number of aryl methyl sites for hydroxylation is 1. The zero-order chi connectivity index (χ0) is 12.4. The van der Waals surface area contributed by atoms with Gasteiger partial charge in [-0.2, -0.15) is 5.10 Å². The summed E-state index contributed by atoms with van der Waals surface area (Å²) in [6.07, 6.45) is 1.72. The van der Waals surface area contributed by atoms with Crippen LogP contribution in [0.2, 0.25) is 10.0 Å². The molecule has 0 radical (unpaired) electrons. The lowest BCUT2D eigenvalue weighted by atomic mass is 10.4. The number of nitrogens with zero attached hydrogens (tertiary/aromatic N) is 3. The summed E-state index contributed by atoms with van der Waals surface area (Å²) in [5, 5.41) is 7.93. The van der Waals surface area contributed by atoms with Gasteiger partial charge in [0.05, 0.1) is 22.3 Å². The van der Waals surface area contributed by atoms with Crippen molar-refractivity contribution < 1.29 is 0 Å². The number of anilines is 2. The number of rotatable bonds is 3. The maximum atomic E-state index is 5.99. The highest BCUT2D eigenvalue weighted by Gasteiger charge is 2.07. The Morgan fingerprint density at radius 2 is 2.18 bits per heavy atom. The van der Waals surface area contributed by atoms with E-state index in [1.807, 2.05) is 13.1 Å². The van der Waals surface area contributed by atoms with E-state index in [2.05, 4.69) is 15.4 Å². The number of nitrogens with two attached hydrogens (primary N) is 1. The highest BCUT2D eigenvalue weighted by molar-refractivity contribution is 6.37. The molecule has 0 bridgehead atoms. The number of halogens is 2. The Labute approximate surface area is 109 Å². The summed E-state index contributed by atoms with van der Waals surface area (Å²) in [6, 6.07) is 3.47. The molecule has 0 aliphatic carbocycles. The molecule has 2 aromatic heterocycles. The lowest BCUT2D eigenvalue weighted by Gasteiger charge is -2.09. The quantitative estimate of drug-likeness (QED) is 0.899. The Morgan fingerprint density at radius 1 is 1.41 bits per heavy atom. The van der Waals surface area contributed by atoms with Crippen LogP contribution in [-0.2, 0) is 13.6 Å². The summed E-state index contributed by atoms with van der Waals surface area (Å²) >= 11 is 11.8. The number of aromatic nitrogens is 3. The summed E-state index contributed by atoms with van der Waals surface area (Å²) in [6.45, 7) is 0.560. The molecule has 0 saturated heterocycles. The van der Waals surface area contributed by atoms with Crippen molar-refractivity contribution in [3.05, 3.63) is 34.1 Å². The molecule has 5 nitrogen and oxygen atoms in total. The number of pyridine rings is 1. The second kappa shape index (κ2) is 4.81. The molecule has 7 heteroatoms. The van der Waals surface area contributed by atoms with Crippen molar-refractivity contribution in [2.24, 2.45) is 7.05 Å². The van der Waals surface area contributed by atoms with E-state index in [0.717, 1.165) is 5.69 Å². The average Bonchev–Trinajstić information content (AvgIpc) is 2.68. The van der Waals surface area contributed by atoms with Crippen LogP contribution < -0.4 is 11.1 Å². The Bertz CT molecular complexity index is 537. The molecular weight excluding hydrogens is 261 g/mol. The second-order valence-electron chi connectivity index (χ2n) is 3.49. The predicted molar refractivity (Wildman–Crippen MR) is 69.2 cm³/mol. The molecule has 17 heavy (non-hydrogen) atoms. The van der Waals surface area contributed by atoms with Crippen molar-refractivity contribution in [1.29, 1.82) is 0 Å². The molecular formula is C10H11Cl2N5. The molecule has 0 aromatic carbocycles. The van der Waals surface area contributed by atoms with Crippen LogP contribution in [0.5, 0.6) is 0 Å². The molecule has 0 unspecified atom stereocenters. The lowest BCUT2D eigenvalue weighted by molar-refractivity contribution is 0.720. The van der Waals surface area contributed by atoms with Gasteiger partial charge in [0.25, 0.3) is 0 Å². The largest absolute Gasteiger partial charge is 0.382 e. The van der Waals surface area contributed by atoms with E-state index < -0.39 is 0 Å². The van der Waals surface area contributed by atoms with E-state index in [0.29, 0.717) is 22.4 Å². The van der Waals surface area contributed by atoms with E-state index in [1.165, 1.54) is 0 Å². The molecule has 0 atom stereocenters. The van der Waals surface area contributed by atoms with E-state index in [4.69, 9.17) is 28.9 Å². The van der Waals surface area contributed by atoms with Crippen molar-refractivity contribution in [3.63, 3.8) is 0 Å². The van der Waals surface area contributed by atoms with Gasteiger partial charge >= 0.3 is 0 Å². The molecule has 2 rings (SSSR count). The van der Waals surface area contributed by atoms with E-state index in [1.54, 1.807) is 16.9 Å². The van der Waals surface area contributed by atoms with Gasteiger partial charge in [-0.05, 0) is 12.1 Å². The highest BCUT2D eigenvalue weighted by atomic mass is 35.5. The highest BCUT2D eigenvalue weighted by Crippen LogP contribution is 2.27. The van der Waals surface area contributed by atoms with E-state index >= 15 is 0 Å². The van der Waals surface area contributed by atoms with E-state index in [-0.39, 0.29) is 5.82 Å². The topological polar surface area (TPSA) is 68.8 Å². The molecule has 0 saturated carbocycles. The zero-order valence-electron chi connectivity index (χ0n) is 9.11. The summed E-state index contributed by atoms with van der Waals surface area (Å²) in [5.74, 6) is 0.762. The maximum absolute atomic E-state index is 5.99. The van der Waals surface area contributed by atoms with Gasteiger partial charge in [0.15, 0.2) is 0 Å². The predicted octanol–water partition coefficient (Wildman–Crippen LogP) is 2.32. The third-order valence-electron chi connectivity index (χ3n) is 2.32. The van der Waals surface area contributed by atoms with Crippen molar-refractivity contribution >= 4 is 34.8 Å². The summed E-state index contributed by atoms with van der Waals surface area (Å²) in [7, 11) is 1.86. The first-order valence-corrected chi connectivity index (χ1v) is 5.66. The van der Waals surface area contributed by atoms with Gasteiger partial charge in [-0.1, -0.05) is 23.2 Å². The number of hydrogen-bond donors (Lipinski definition) is 2. The molecule has 2 aromatic rings. The van der Waals surface area contributed by atoms with Crippen molar-refractivity contribution in [1.82, 2.24) is 14.8 Å². The fourth-order valence-electron chi connectivity index (χ4n) is 1.35.